The van der Waals surface area contributed by atoms with E-state index in [-0.39, 0.29) is 0 Å². The fourth-order valence-electron chi connectivity index (χ4n) is 2.90. The normalized spacial score (nSPS) is 12.4. The van der Waals surface area contributed by atoms with Gasteiger partial charge in [-0.2, -0.15) is 0 Å². The van der Waals surface area contributed by atoms with E-state index in [4.69, 9.17) is 22.1 Å². The van der Waals surface area contributed by atoms with Crippen LogP contribution in [0.5, 0.6) is 0 Å². The van der Waals surface area contributed by atoms with Crippen LogP contribution in [0.25, 0.3) is 0 Å². The Bertz CT molecular complexity index is 724. The summed E-state index contributed by atoms with van der Waals surface area (Å²) in [5.41, 5.74) is 5.65. The van der Waals surface area contributed by atoms with Crippen LogP contribution in [-0.2, 0) is 15.1 Å². The largest absolute Gasteiger partial charge is 0.442 e. The molecule has 0 saturated heterocycles. The smallest absolute Gasteiger partial charge is 0.340 e. The maximum atomic E-state index is 12.4. The molecule has 4 heteroatoms. The van der Waals surface area contributed by atoms with Crippen molar-refractivity contribution in [3.63, 3.8) is 0 Å². The molecule has 0 spiro atoms. The summed E-state index contributed by atoms with van der Waals surface area (Å²) in [6.07, 6.45) is 0. The Morgan fingerprint density at radius 2 is 1.08 bits per heavy atom. The highest BCUT2D eigenvalue weighted by Crippen LogP contribution is 2.40. The second-order valence-corrected chi connectivity index (χ2v) is 6.07. The number of hydrogen-bond donors (Lipinski definition) is 1. The highest BCUT2D eigenvalue weighted by molar-refractivity contribution is 6.29. The van der Waals surface area contributed by atoms with Crippen molar-refractivity contribution in [1.29, 1.82) is 0 Å². The molecule has 0 saturated carbocycles. The third kappa shape index (κ3) is 3.43. The van der Waals surface area contributed by atoms with E-state index >= 15 is 0 Å². The first-order valence-electron chi connectivity index (χ1n) is 7.93. The van der Waals surface area contributed by atoms with E-state index in [1.165, 1.54) is 0 Å². The minimum absolute atomic E-state index is 0.682. The highest BCUT2D eigenvalue weighted by Gasteiger charge is 2.41. The molecule has 0 aromatic heterocycles. The zero-order chi connectivity index (χ0) is 17.7. The minimum atomic E-state index is -1.24. The monoisotopic (exact) mass is 351 g/mol. The third-order valence-corrected chi connectivity index (χ3v) is 4.20. The number of benzene rings is 3. The van der Waals surface area contributed by atoms with Crippen LogP contribution in [0.2, 0.25) is 0 Å². The quantitative estimate of drug-likeness (QED) is 0.326. The van der Waals surface area contributed by atoms with Crippen molar-refractivity contribution in [2.45, 2.75) is 11.1 Å². The van der Waals surface area contributed by atoms with E-state index in [9.17, 15) is 4.79 Å². The first-order valence-corrected chi connectivity index (χ1v) is 8.37. The van der Waals surface area contributed by atoms with E-state index < -0.39 is 17.1 Å². The topological polar surface area (TPSA) is 52.3 Å². The molecule has 0 bridgehead atoms. The van der Waals surface area contributed by atoms with Gasteiger partial charge in [0.05, 0.1) is 0 Å². The van der Waals surface area contributed by atoms with Crippen LogP contribution in [0.15, 0.2) is 91.0 Å². The first kappa shape index (κ1) is 17.2. The fourth-order valence-corrected chi connectivity index (χ4v) is 2.95. The highest BCUT2D eigenvalue weighted by atomic mass is 35.5. The minimum Gasteiger partial charge on any atom is -0.442 e. The Labute approximate surface area is 152 Å². The van der Waals surface area contributed by atoms with Gasteiger partial charge in [-0.15, -0.1) is 0 Å². The van der Waals surface area contributed by atoms with Crippen molar-refractivity contribution in [2.75, 3.05) is 0 Å². The summed E-state index contributed by atoms with van der Waals surface area (Å²) in [6, 6.07) is 28.7. The molecule has 3 aromatic carbocycles. The van der Waals surface area contributed by atoms with E-state index in [1.807, 2.05) is 91.0 Å². The van der Waals surface area contributed by atoms with Gasteiger partial charge in [0.2, 0.25) is 0 Å². The molecule has 0 heterocycles. The molecule has 0 radical (unpaired) electrons. The van der Waals surface area contributed by atoms with Crippen molar-refractivity contribution in [3.8, 4) is 0 Å². The molecular formula is C21H18ClNO2. The summed E-state index contributed by atoms with van der Waals surface area (Å²) >= 11 is 5.80. The molecule has 0 amide bonds. The molecule has 0 fully saturated rings. The van der Waals surface area contributed by atoms with E-state index in [0.29, 0.717) is 0 Å². The standard InChI is InChI=1S/C21H18ClNO2/c22-19(23)20(24)25-21(16-10-4-1-5-11-16,17-12-6-2-7-13-17)18-14-8-3-9-15-18/h1-15,19H,23H2. The molecule has 0 aliphatic heterocycles. The zero-order valence-corrected chi connectivity index (χ0v) is 14.3. The molecule has 3 aromatic rings. The number of rotatable bonds is 5. The number of nitrogens with two attached hydrogens (primary N) is 1. The average Bonchev–Trinajstić information content (AvgIpc) is 2.68. The van der Waals surface area contributed by atoms with Gasteiger partial charge in [0.15, 0.2) is 11.1 Å². The summed E-state index contributed by atoms with van der Waals surface area (Å²) < 4.78 is 5.96. The lowest BCUT2D eigenvalue weighted by molar-refractivity contribution is -0.152. The lowest BCUT2D eigenvalue weighted by Gasteiger charge is -2.35. The van der Waals surface area contributed by atoms with Crippen molar-refractivity contribution in [3.05, 3.63) is 108 Å². The van der Waals surface area contributed by atoms with Crippen LogP contribution in [0.3, 0.4) is 0 Å². The molecule has 1 unspecified atom stereocenters. The Morgan fingerprint density at radius 3 is 1.36 bits per heavy atom. The second-order valence-electron chi connectivity index (χ2n) is 5.60. The predicted molar refractivity (Wildman–Crippen MR) is 99.1 cm³/mol. The number of hydrogen-bond acceptors (Lipinski definition) is 3. The van der Waals surface area contributed by atoms with E-state index in [2.05, 4.69) is 0 Å². The first-order chi connectivity index (χ1) is 12.1. The van der Waals surface area contributed by atoms with Gasteiger partial charge in [-0.25, -0.2) is 4.79 Å². The lowest BCUT2D eigenvalue weighted by atomic mass is 9.80. The SMILES string of the molecule is NC(Cl)C(=O)OC(c1ccccc1)(c1ccccc1)c1ccccc1. The van der Waals surface area contributed by atoms with Crippen LogP contribution in [0.4, 0.5) is 0 Å². The number of carbonyl (C=O) groups is 1. The summed E-state index contributed by atoms with van der Waals surface area (Å²) in [7, 11) is 0. The maximum Gasteiger partial charge on any atom is 0.340 e. The van der Waals surface area contributed by atoms with Gasteiger partial charge in [-0.1, -0.05) is 103 Å². The summed E-state index contributed by atoms with van der Waals surface area (Å²) in [4.78, 5) is 12.4. The maximum absolute atomic E-state index is 12.4. The molecule has 0 aliphatic rings. The average molecular weight is 352 g/mol. The van der Waals surface area contributed by atoms with Crippen LogP contribution in [0.1, 0.15) is 16.7 Å². The summed E-state index contributed by atoms with van der Waals surface area (Å²) in [6.45, 7) is 0. The molecular weight excluding hydrogens is 334 g/mol. The van der Waals surface area contributed by atoms with Crippen molar-refractivity contribution < 1.29 is 9.53 Å². The van der Waals surface area contributed by atoms with Gasteiger partial charge in [-0.3, -0.25) is 0 Å². The Hall–Kier alpha value is -2.62. The Balaban J connectivity index is 2.29. The summed E-state index contributed by atoms with van der Waals surface area (Å²) in [5.74, 6) is -0.682. The van der Waals surface area contributed by atoms with Gasteiger partial charge in [0.25, 0.3) is 0 Å². The number of alkyl halides is 1. The van der Waals surface area contributed by atoms with Crippen molar-refractivity contribution >= 4 is 17.6 Å². The zero-order valence-electron chi connectivity index (χ0n) is 13.5. The van der Waals surface area contributed by atoms with E-state index in [1.54, 1.807) is 0 Å². The summed E-state index contributed by atoms with van der Waals surface area (Å²) in [5, 5.41) is 0. The molecule has 0 aliphatic carbocycles. The molecule has 3 rings (SSSR count). The number of esters is 1. The van der Waals surface area contributed by atoms with Gasteiger partial charge in [-0.05, 0) is 0 Å². The van der Waals surface area contributed by atoms with Crippen molar-refractivity contribution in [2.24, 2.45) is 5.73 Å². The van der Waals surface area contributed by atoms with E-state index in [0.717, 1.165) is 16.7 Å². The van der Waals surface area contributed by atoms with Gasteiger partial charge >= 0.3 is 5.97 Å². The molecule has 2 N–H and O–H groups in total. The Morgan fingerprint density at radius 1 is 0.760 bits per heavy atom. The third-order valence-electron chi connectivity index (χ3n) is 4.02. The fraction of sp³-hybridized carbons (Fsp3) is 0.0952. The molecule has 1 atom stereocenters. The van der Waals surface area contributed by atoms with Crippen LogP contribution < -0.4 is 5.73 Å². The van der Waals surface area contributed by atoms with Crippen LogP contribution in [0, 0.1) is 0 Å². The van der Waals surface area contributed by atoms with Crippen LogP contribution in [-0.4, -0.2) is 11.5 Å². The Kier molecular flexibility index (Phi) is 5.17. The number of ether oxygens (including phenoxy) is 1. The van der Waals surface area contributed by atoms with Gasteiger partial charge in [0, 0.05) is 16.7 Å². The van der Waals surface area contributed by atoms with Gasteiger partial charge in [0.1, 0.15) is 0 Å². The predicted octanol–water partition coefficient (Wildman–Crippen LogP) is 4.05. The molecule has 25 heavy (non-hydrogen) atoms. The van der Waals surface area contributed by atoms with Crippen LogP contribution >= 0.6 is 11.6 Å². The van der Waals surface area contributed by atoms with Gasteiger partial charge < -0.3 is 10.5 Å². The molecule has 3 nitrogen and oxygen atoms in total. The molecule has 126 valence electrons. The number of halogens is 1. The lowest BCUT2D eigenvalue weighted by Crippen LogP contribution is -2.39. The number of carbonyl (C=O) groups excluding carboxylic acids is 1. The second kappa shape index (κ2) is 7.51. The van der Waals surface area contributed by atoms with Crippen molar-refractivity contribution in [1.82, 2.24) is 0 Å².